The Labute approximate surface area is 669 Å². The van der Waals surface area contributed by atoms with E-state index in [0.717, 1.165) is 55.6 Å². The van der Waals surface area contributed by atoms with Gasteiger partial charge in [-0.3, -0.25) is 13.7 Å². The first kappa shape index (κ1) is 87.3. The molecule has 0 amide bonds. The maximum absolute atomic E-state index is 14.2. The predicted octanol–water partition coefficient (Wildman–Crippen LogP) is -16.0. The third-order valence-electron chi connectivity index (χ3n) is 11.4. The van der Waals surface area contributed by atoms with Gasteiger partial charge in [0.15, 0.2) is 0 Å². The average Bonchev–Trinajstić information content (AvgIpc) is 0.870. The zero-order valence-electron chi connectivity index (χ0n) is 47.6. The van der Waals surface area contributed by atoms with E-state index in [-0.39, 0.29) is 225 Å². The molecular weight excluding hydrogens is 1430 g/mol. The van der Waals surface area contributed by atoms with Gasteiger partial charge in [0.2, 0.25) is 0 Å². The first-order valence-electron chi connectivity index (χ1n) is 21.6. The minimum absolute atomic E-state index is 0. The van der Waals surface area contributed by atoms with Crippen LogP contribution in [0.2, 0.25) is 0 Å². The van der Waals surface area contributed by atoms with Crippen molar-refractivity contribution >= 4 is 154 Å². The van der Waals surface area contributed by atoms with Crippen LogP contribution in [0.4, 0.5) is 51.2 Å². The van der Waals surface area contributed by atoms with Gasteiger partial charge in [-0.05, 0) is 94.3 Å². The summed E-state index contributed by atoms with van der Waals surface area (Å²) in [6.45, 7) is 0. The number of fused-ring (bicyclic) bond motifs is 3. The standard InChI is InChI=1S/C43H31N9O25S7.7Na/c1-77-21-7-10-26(29(16-21)79(59,60)61)47-52-38-33(83(71,72)73)17-24-23(41(38)54)9-11-27(43(24)84(74,75)76)48-49-36-30(80(62,63)64)14-19-15-32(82(68,69)70)39(42(55)34(19)35(36)44)50-45-20-6-8-22-18(12-20)13-31(81(65,66)67)37(40(22)53)51-46-25-4-2-3-5-28(25)78(56,57)58;;;;;;;/h2-17,53-55H,44H2,1H3,(H,56,57,58)(H,59,60,61)(H,62,63,64)(H,65,66,67)(H,68,69,70)(H,71,72,73)(H,74,75,76);;;;;;;/q;7*+1/p-7. The van der Waals surface area contributed by atoms with E-state index < -0.39 is 206 Å². The third kappa shape index (κ3) is 19.4. The van der Waals surface area contributed by atoms with Crippen molar-refractivity contribution in [2.24, 2.45) is 40.9 Å². The summed E-state index contributed by atoms with van der Waals surface area (Å²) in [5.41, 5.74) is -3.31. The number of ether oxygens (including phenoxy) is 1. The van der Waals surface area contributed by atoms with E-state index in [2.05, 4.69) is 40.9 Å². The number of nitrogens with two attached hydrogens (primary N) is 1. The Morgan fingerprint density at radius 1 is 0.385 bits per heavy atom. The molecule has 0 bridgehead atoms. The molecule has 0 spiro atoms. The maximum Gasteiger partial charge on any atom is 1.00 e. The summed E-state index contributed by atoms with van der Waals surface area (Å²) >= 11 is 0. The number of azo groups is 4. The summed E-state index contributed by atoms with van der Waals surface area (Å²) < 4.78 is 259. The average molecular weight is 1450 g/mol. The van der Waals surface area contributed by atoms with Crippen LogP contribution in [-0.2, 0) is 70.8 Å². The SMILES string of the molecule is COc1ccc(N=Nc2c(S(=O)(=O)O)cc3c(S(=O)(=O)O)c(N=Nc4c(S(=O)(=O)[O-])cc5cc(S(=O)(=O)O)c(N=Nc6ccc7c([O-])c(N=Nc8ccccc8S(=O)(=O)[O-])c(S(=O)(=O)[O-])cc7c6)c([O-])c5c4N)ccc3c2[O-])c(S(=O)(=O)[O-])c1.[Na+].[Na+].[Na+].[Na+].[Na+].[Na+].[Na+]. The number of benzene rings is 8. The van der Waals surface area contributed by atoms with Crippen LogP contribution in [0.3, 0.4) is 0 Å². The van der Waals surface area contributed by atoms with Crippen molar-refractivity contribution in [3.63, 3.8) is 0 Å². The number of rotatable bonds is 16. The summed E-state index contributed by atoms with van der Waals surface area (Å²) in [6.07, 6.45) is 0. The van der Waals surface area contributed by atoms with Crippen molar-refractivity contribution < 1.29 is 318 Å². The molecule has 48 heteroatoms. The van der Waals surface area contributed by atoms with Crippen LogP contribution in [0.25, 0.3) is 32.3 Å². The molecule has 0 aliphatic carbocycles. The second-order valence-electron chi connectivity index (χ2n) is 16.6. The summed E-state index contributed by atoms with van der Waals surface area (Å²) in [5.74, 6) is -4.79. The Hall–Kier alpha value is -1.69. The largest absolute Gasteiger partial charge is 1.00 e. The van der Waals surface area contributed by atoms with E-state index in [9.17, 15) is 106 Å². The fraction of sp³-hybridized carbons (Fsp3) is 0.0233. The van der Waals surface area contributed by atoms with Gasteiger partial charge in [-0.1, -0.05) is 41.5 Å². The van der Waals surface area contributed by atoms with Crippen molar-refractivity contribution in [2.45, 2.75) is 34.3 Å². The molecule has 0 saturated carbocycles. The molecule has 0 radical (unpaired) electrons. The van der Waals surface area contributed by atoms with Crippen LogP contribution < -0.4 is 233 Å². The molecule has 34 nitrogen and oxygen atoms in total. The van der Waals surface area contributed by atoms with Crippen LogP contribution in [0.15, 0.2) is 172 Å². The van der Waals surface area contributed by atoms with E-state index in [4.69, 9.17) is 10.5 Å². The van der Waals surface area contributed by atoms with Gasteiger partial charge in [0, 0.05) is 10.8 Å². The smallest absolute Gasteiger partial charge is 0.871 e. The molecule has 8 aromatic rings. The Morgan fingerprint density at radius 2 is 0.802 bits per heavy atom. The number of hydrogen-bond acceptors (Lipinski definition) is 31. The van der Waals surface area contributed by atoms with Crippen molar-refractivity contribution in [3.05, 3.63) is 97.1 Å². The molecule has 0 atom stereocenters. The van der Waals surface area contributed by atoms with E-state index in [1.165, 1.54) is 6.07 Å². The number of methoxy groups -OCH3 is 1. The van der Waals surface area contributed by atoms with Crippen molar-refractivity contribution in [1.29, 1.82) is 0 Å². The molecule has 0 heterocycles. The third-order valence-corrected chi connectivity index (χ3v) is 17.5. The van der Waals surface area contributed by atoms with Gasteiger partial charge >= 0.3 is 207 Å². The number of nitrogens with zero attached hydrogens (tertiary/aromatic N) is 8. The van der Waals surface area contributed by atoms with E-state index >= 15 is 0 Å². The Morgan fingerprint density at radius 3 is 1.33 bits per heavy atom. The fourth-order valence-corrected chi connectivity index (χ4v) is 12.5. The first-order chi connectivity index (χ1) is 38.7. The number of nitrogen functional groups attached to an aromatic ring is 1. The van der Waals surface area contributed by atoms with Crippen LogP contribution >= 0.6 is 0 Å². The van der Waals surface area contributed by atoms with Gasteiger partial charge in [-0.25, -0.2) is 33.7 Å². The van der Waals surface area contributed by atoms with Crippen molar-refractivity contribution in [2.75, 3.05) is 12.8 Å². The normalized spacial score (nSPS) is 12.4. The molecule has 0 unspecified atom stereocenters. The quantitative estimate of drug-likeness (QED) is 0.0302. The van der Waals surface area contributed by atoms with Crippen LogP contribution in [-0.4, -0.2) is 97.9 Å². The maximum atomic E-state index is 14.2. The van der Waals surface area contributed by atoms with E-state index in [0.29, 0.717) is 30.3 Å². The molecule has 0 aliphatic rings. The summed E-state index contributed by atoms with van der Waals surface area (Å²) in [7, 11) is -38.2. The molecule has 5 N–H and O–H groups in total. The number of anilines is 1. The minimum Gasteiger partial charge on any atom is -0.871 e. The number of hydrogen-bond donors (Lipinski definition) is 4. The van der Waals surface area contributed by atoms with E-state index in [1.54, 1.807) is 0 Å². The second-order valence-corrected chi connectivity index (χ2v) is 26.2. The Kier molecular flexibility index (Phi) is 31.5. The molecule has 0 fully saturated rings. The molecule has 0 aliphatic heterocycles. The molecule has 440 valence electrons. The van der Waals surface area contributed by atoms with Gasteiger partial charge in [0.25, 0.3) is 30.4 Å². The van der Waals surface area contributed by atoms with Crippen LogP contribution in [0, 0.1) is 0 Å². The second kappa shape index (κ2) is 32.8. The topological polar surface area (TPSA) is 595 Å². The van der Waals surface area contributed by atoms with E-state index in [1.807, 2.05) is 0 Å². The van der Waals surface area contributed by atoms with Gasteiger partial charge in [0.05, 0.1) is 55.1 Å². The minimum atomic E-state index is -5.92. The molecule has 8 aromatic carbocycles. The van der Waals surface area contributed by atoms with Gasteiger partial charge < -0.3 is 44.0 Å². The van der Waals surface area contributed by atoms with Crippen molar-refractivity contribution in [3.8, 4) is 23.0 Å². The zero-order valence-corrected chi connectivity index (χ0v) is 67.3. The molecule has 0 saturated heterocycles. The summed E-state index contributed by atoms with van der Waals surface area (Å²) in [4.78, 5) is -9.48. The molecular formula is C43H24N9Na7O25S7. The summed E-state index contributed by atoms with van der Waals surface area (Å²) in [6, 6.07) is 12.1. The van der Waals surface area contributed by atoms with Crippen molar-refractivity contribution in [1.82, 2.24) is 0 Å². The fourth-order valence-electron chi connectivity index (χ4n) is 7.84. The van der Waals surface area contributed by atoms with Gasteiger partial charge in [-0.2, -0.15) is 30.4 Å². The van der Waals surface area contributed by atoms with Crippen LogP contribution in [0.1, 0.15) is 0 Å². The Bertz CT molecular complexity index is 5240. The molecule has 8 rings (SSSR count). The Balaban J connectivity index is 0.00000591. The zero-order chi connectivity index (χ0) is 62.2. The first-order valence-corrected chi connectivity index (χ1v) is 31.6. The summed E-state index contributed by atoms with van der Waals surface area (Å²) in [5, 5.41) is 65.0. The van der Waals surface area contributed by atoms with Gasteiger partial charge in [0.1, 0.15) is 83.7 Å². The molecule has 91 heavy (non-hydrogen) atoms. The van der Waals surface area contributed by atoms with Gasteiger partial charge in [-0.15, -0.1) is 35.8 Å². The predicted molar refractivity (Wildman–Crippen MR) is 272 cm³/mol. The molecule has 0 aromatic heterocycles. The van der Waals surface area contributed by atoms with Crippen LogP contribution in [0.5, 0.6) is 23.0 Å². The monoisotopic (exact) mass is 1450 g/mol.